The summed E-state index contributed by atoms with van der Waals surface area (Å²) in [7, 11) is 0. The number of hydrogen-bond donors (Lipinski definition) is 2. The number of nitrogens with two attached hydrogens (primary N) is 1. The van der Waals surface area contributed by atoms with E-state index in [0.717, 1.165) is 12.8 Å². The first kappa shape index (κ1) is 19.6. The maximum atomic E-state index is 12.0. The molecule has 0 heterocycles. The number of rotatable bonds is 6. The second-order valence-electron chi connectivity index (χ2n) is 4.71. The van der Waals surface area contributed by atoms with Crippen LogP contribution in [0.5, 0.6) is 0 Å². The smallest absolute Gasteiger partial charge is 0.271 e. The molecule has 21 heavy (non-hydrogen) atoms. The summed E-state index contributed by atoms with van der Waals surface area (Å²) in [6.07, 6.45) is 1.44. The highest BCUT2D eigenvalue weighted by Crippen LogP contribution is 2.21. The van der Waals surface area contributed by atoms with Crippen LogP contribution in [-0.2, 0) is 0 Å². The van der Waals surface area contributed by atoms with E-state index in [2.05, 4.69) is 5.32 Å². The quantitative estimate of drug-likeness (QED) is 0.616. The van der Waals surface area contributed by atoms with Gasteiger partial charge >= 0.3 is 0 Å². The molecule has 1 amide bonds. The summed E-state index contributed by atoms with van der Waals surface area (Å²) in [6, 6.07) is 3.78. The summed E-state index contributed by atoms with van der Waals surface area (Å²) >= 11 is 5.77. The number of nitro groups is 1. The van der Waals surface area contributed by atoms with Crippen molar-refractivity contribution >= 4 is 35.6 Å². The number of carbonyl (C=O) groups is 1. The van der Waals surface area contributed by atoms with Gasteiger partial charge in [-0.15, -0.1) is 12.4 Å². The van der Waals surface area contributed by atoms with Crippen LogP contribution >= 0.6 is 24.0 Å². The fourth-order valence-electron chi connectivity index (χ4n) is 1.67. The minimum absolute atomic E-state index is 0. The molecule has 1 aromatic carbocycles. The van der Waals surface area contributed by atoms with Crippen molar-refractivity contribution < 1.29 is 9.72 Å². The summed E-state index contributed by atoms with van der Waals surface area (Å²) in [5.41, 5.74) is 5.55. The van der Waals surface area contributed by atoms with Crippen molar-refractivity contribution in [3.8, 4) is 0 Å². The summed E-state index contributed by atoms with van der Waals surface area (Å²) < 4.78 is 0. The Morgan fingerprint density at radius 1 is 1.38 bits per heavy atom. The zero-order valence-corrected chi connectivity index (χ0v) is 13.5. The van der Waals surface area contributed by atoms with Crippen molar-refractivity contribution in [1.82, 2.24) is 5.32 Å². The second-order valence-corrected chi connectivity index (χ2v) is 5.14. The van der Waals surface area contributed by atoms with Gasteiger partial charge in [0.15, 0.2) is 0 Å². The van der Waals surface area contributed by atoms with Crippen LogP contribution in [0.25, 0.3) is 0 Å². The number of hydrogen-bond acceptors (Lipinski definition) is 4. The van der Waals surface area contributed by atoms with Gasteiger partial charge in [0.05, 0.1) is 4.92 Å². The predicted octanol–water partition coefficient (Wildman–Crippen LogP) is 2.92. The average molecular weight is 336 g/mol. The Labute approximate surface area is 134 Å². The first-order chi connectivity index (χ1) is 9.31. The van der Waals surface area contributed by atoms with Crippen LogP contribution in [-0.4, -0.2) is 22.9 Å². The van der Waals surface area contributed by atoms with E-state index in [1.165, 1.54) is 18.2 Å². The first-order valence-corrected chi connectivity index (χ1v) is 6.71. The largest absolute Gasteiger partial charge is 0.350 e. The third-order valence-electron chi connectivity index (χ3n) is 3.36. The summed E-state index contributed by atoms with van der Waals surface area (Å²) in [6.45, 7) is 4.19. The van der Waals surface area contributed by atoms with Gasteiger partial charge in [0, 0.05) is 34.8 Å². The molecule has 0 aromatic heterocycles. The van der Waals surface area contributed by atoms with Crippen LogP contribution in [0, 0.1) is 10.1 Å². The predicted molar refractivity (Wildman–Crippen MR) is 85.2 cm³/mol. The van der Waals surface area contributed by atoms with Gasteiger partial charge in [0.25, 0.3) is 11.6 Å². The van der Waals surface area contributed by atoms with E-state index in [9.17, 15) is 14.9 Å². The SMILES string of the molecule is CCC(N)(CC)CNC(=O)c1cc(Cl)cc([N+](=O)[O-])c1.Cl. The number of carbonyl (C=O) groups excluding carboxylic acids is 1. The molecule has 1 rings (SSSR count). The zero-order chi connectivity index (χ0) is 15.3. The van der Waals surface area contributed by atoms with Crippen molar-refractivity contribution in [1.29, 1.82) is 0 Å². The van der Waals surface area contributed by atoms with E-state index in [1.54, 1.807) is 0 Å². The molecule has 0 atom stereocenters. The molecular formula is C13H19Cl2N3O3. The van der Waals surface area contributed by atoms with Crippen LogP contribution < -0.4 is 11.1 Å². The van der Waals surface area contributed by atoms with E-state index in [-0.39, 0.29) is 28.7 Å². The van der Waals surface area contributed by atoms with Crippen LogP contribution in [0.2, 0.25) is 5.02 Å². The molecule has 118 valence electrons. The average Bonchev–Trinajstić information content (AvgIpc) is 2.43. The van der Waals surface area contributed by atoms with Gasteiger partial charge in [-0.2, -0.15) is 0 Å². The number of nitrogens with one attached hydrogen (secondary N) is 1. The summed E-state index contributed by atoms with van der Waals surface area (Å²) in [5, 5.41) is 13.6. The molecule has 0 aliphatic carbocycles. The third kappa shape index (κ3) is 5.49. The van der Waals surface area contributed by atoms with E-state index >= 15 is 0 Å². The fraction of sp³-hybridized carbons (Fsp3) is 0.462. The molecule has 0 radical (unpaired) electrons. The highest BCUT2D eigenvalue weighted by atomic mass is 35.5. The molecule has 8 heteroatoms. The Balaban J connectivity index is 0.00000400. The Morgan fingerprint density at radius 2 is 1.95 bits per heavy atom. The van der Waals surface area contributed by atoms with Crippen molar-refractivity contribution in [2.24, 2.45) is 5.73 Å². The molecule has 0 fully saturated rings. The number of halogens is 2. The molecule has 0 bridgehead atoms. The molecule has 0 saturated carbocycles. The van der Waals surface area contributed by atoms with Gasteiger partial charge < -0.3 is 11.1 Å². The Bertz CT molecular complexity index is 519. The molecule has 0 aliphatic heterocycles. The summed E-state index contributed by atoms with van der Waals surface area (Å²) in [4.78, 5) is 22.1. The Morgan fingerprint density at radius 3 is 2.43 bits per heavy atom. The maximum Gasteiger partial charge on any atom is 0.271 e. The van der Waals surface area contributed by atoms with E-state index < -0.39 is 16.4 Å². The molecule has 3 N–H and O–H groups in total. The van der Waals surface area contributed by atoms with Crippen molar-refractivity contribution in [2.75, 3.05) is 6.54 Å². The van der Waals surface area contributed by atoms with Gasteiger partial charge in [-0.25, -0.2) is 0 Å². The van der Waals surface area contributed by atoms with Gasteiger partial charge in [-0.05, 0) is 18.9 Å². The van der Waals surface area contributed by atoms with Crippen LogP contribution in [0.4, 0.5) is 5.69 Å². The number of benzene rings is 1. The lowest BCUT2D eigenvalue weighted by atomic mass is 9.94. The third-order valence-corrected chi connectivity index (χ3v) is 3.58. The van der Waals surface area contributed by atoms with E-state index in [1.807, 2.05) is 13.8 Å². The lowest BCUT2D eigenvalue weighted by molar-refractivity contribution is -0.384. The first-order valence-electron chi connectivity index (χ1n) is 6.33. The van der Waals surface area contributed by atoms with Crippen LogP contribution in [0.1, 0.15) is 37.0 Å². The lowest BCUT2D eigenvalue weighted by Gasteiger charge is -2.26. The van der Waals surface area contributed by atoms with Gasteiger partial charge in [0.2, 0.25) is 0 Å². The molecule has 0 saturated heterocycles. The van der Waals surface area contributed by atoms with E-state index in [4.69, 9.17) is 17.3 Å². The van der Waals surface area contributed by atoms with Gasteiger partial charge in [-0.3, -0.25) is 14.9 Å². The molecule has 6 nitrogen and oxygen atoms in total. The van der Waals surface area contributed by atoms with Crippen LogP contribution in [0.15, 0.2) is 18.2 Å². The highest BCUT2D eigenvalue weighted by molar-refractivity contribution is 6.31. The standard InChI is InChI=1S/C13H18ClN3O3.ClH/c1-3-13(15,4-2)8-16-12(18)9-5-10(14)7-11(6-9)17(19)20;/h5-7H,3-4,8,15H2,1-2H3,(H,16,18);1H. The minimum Gasteiger partial charge on any atom is -0.350 e. The Hall–Kier alpha value is -1.37. The van der Waals surface area contributed by atoms with Gasteiger partial charge in [0.1, 0.15) is 0 Å². The highest BCUT2D eigenvalue weighted by Gasteiger charge is 2.22. The number of non-ortho nitro benzene ring substituents is 1. The number of nitrogens with zero attached hydrogens (tertiary/aromatic N) is 1. The second kappa shape index (κ2) is 8.17. The Kier molecular flexibility index (Phi) is 7.63. The zero-order valence-electron chi connectivity index (χ0n) is 11.9. The van der Waals surface area contributed by atoms with Crippen molar-refractivity contribution in [3.63, 3.8) is 0 Å². The topological polar surface area (TPSA) is 98.3 Å². The minimum atomic E-state index is -0.589. The molecule has 0 aliphatic rings. The molecule has 0 unspecified atom stereocenters. The number of nitro benzene ring substituents is 1. The lowest BCUT2D eigenvalue weighted by Crippen LogP contribution is -2.49. The molecule has 0 spiro atoms. The fourth-order valence-corrected chi connectivity index (χ4v) is 1.90. The molecular weight excluding hydrogens is 317 g/mol. The van der Waals surface area contributed by atoms with E-state index in [0.29, 0.717) is 6.54 Å². The van der Waals surface area contributed by atoms with Crippen molar-refractivity contribution in [3.05, 3.63) is 38.9 Å². The summed E-state index contributed by atoms with van der Waals surface area (Å²) in [5.74, 6) is -0.424. The maximum absolute atomic E-state index is 12.0. The monoisotopic (exact) mass is 335 g/mol. The van der Waals surface area contributed by atoms with Crippen LogP contribution in [0.3, 0.4) is 0 Å². The molecule has 1 aromatic rings. The normalized spacial score (nSPS) is 10.7. The van der Waals surface area contributed by atoms with Crippen molar-refractivity contribution in [2.45, 2.75) is 32.2 Å². The number of amides is 1. The van der Waals surface area contributed by atoms with Gasteiger partial charge in [-0.1, -0.05) is 25.4 Å².